The molecule has 38 nitrogen and oxygen atoms in total. The number of aliphatic hydroxyl groups excluding tert-OH is 21. The van der Waals surface area contributed by atoms with Gasteiger partial charge in [0.05, 0.1) is 46.2 Å². The number of hydrogen-bond acceptors (Lipinski definition) is 36. The monoisotopic (exact) mass is 1230 g/mol. The van der Waals surface area contributed by atoms with E-state index in [2.05, 4.69) is 10.6 Å². The van der Waals surface area contributed by atoms with Crippen molar-refractivity contribution in [2.45, 2.75) is 229 Å². The van der Waals surface area contributed by atoms with E-state index < -0.39 is 273 Å². The highest BCUT2D eigenvalue weighted by atomic mass is 16.8. The third-order valence-corrected chi connectivity index (χ3v) is 15.3. The molecule has 38 heteroatoms. The summed E-state index contributed by atoms with van der Waals surface area (Å²) in [6.07, 6.45) is -65.6. The molecule has 7 rings (SSSR count). The van der Waals surface area contributed by atoms with Crippen LogP contribution in [0.3, 0.4) is 0 Å². The molecule has 35 atom stereocenters. The first kappa shape index (κ1) is 69.1. The summed E-state index contributed by atoms with van der Waals surface area (Å²) in [5, 5.41) is 232. The molecule has 0 aliphatic carbocycles. The Morgan fingerprint density at radius 2 is 0.643 bits per heavy atom. The minimum atomic E-state index is -2.40. The zero-order valence-corrected chi connectivity index (χ0v) is 44.7. The van der Waals surface area contributed by atoms with Gasteiger partial charge in [-0.3, -0.25) is 9.59 Å². The van der Waals surface area contributed by atoms with Gasteiger partial charge < -0.3 is 179 Å². The van der Waals surface area contributed by atoms with Crippen molar-refractivity contribution >= 4 is 11.8 Å². The average Bonchev–Trinajstić information content (AvgIpc) is 2.67. The summed E-state index contributed by atoms with van der Waals surface area (Å²) in [7, 11) is 0. The van der Waals surface area contributed by atoms with Crippen LogP contribution in [-0.2, 0) is 71.2 Å². The van der Waals surface area contributed by atoms with Gasteiger partial charge in [-0.05, 0) is 0 Å². The Kier molecular flexibility index (Phi) is 24.6. The maximum absolute atomic E-state index is 12.7. The fraction of sp³-hybridized carbons (Fsp3) is 0.957. The number of carbonyl (C=O) groups is 2. The van der Waals surface area contributed by atoms with Crippen LogP contribution < -0.4 is 10.6 Å². The molecular weight excluding hydrogens is 1160 g/mol. The largest absolute Gasteiger partial charge is 0.394 e. The van der Waals surface area contributed by atoms with Crippen molar-refractivity contribution in [3.05, 3.63) is 0 Å². The Bertz CT molecular complexity index is 2060. The molecule has 0 aromatic carbocycles. The lowest BCUT2D eigenvalue weighted by Crippen LogP contribution is -2.70. The quantitative estimate of drug-likeness (QED) is 0.0507. The molecule has 2 amide bonds. The lowest BCUT2D eigenvalue weighted by Gasteiger charge is -2.51. The van der Waals surface area contributed by atoms with Gasteiger partial charge >= 0.3 is 0 Å². The van der Waals surface area contributed by atoms with Crippen molar-refractivity contribution in [2.24, 2.45) is 0 Å². The van der Waals surface area contributed by atoms with Gasteiger partial charge in [-0.25, -0.2) is 0 Å². The third-order valence-electron chi connectivity index (χ3n) is 15.3. The number of rotatable bonds is 21. The number of ether oxygens (including phenoxy) is 13. The molecule has 0 spiro atoms. The van der Waals surface area contributed by atoms with Crippen molar-refractivity contribution in [1.82, 2.24) is 10.6 Å². The normalized spacial score (nSPS) is 50.3. The van der Waals surface area contributed by atoms with Crippen LogP contribution in [0.1, 0.15) is 13.8 Å². The molecule has 1 unspecified atom stereocenters. The molecule has 0 aromatic heterocycles. The first-order chi connectivity index (χ1) is 39.7. The van der Waals surface area contributed by atoms with Crippen molar-refractivity contribution < 1.29 is 178 Å². The standard InChI is InChI=1S/C46H78N2O36/c1-10(55)47-19-25(61)35(15(6-52)73-40(19)71)80-44-33(69)30(66)37(17(8-54)78-44)82-45-34(70)38(24(60)18(79-45)9-72-42-31(67)27(63)21(57)12(3-49)74-42)83-46-39(29(65)23(59)14(5-51)76-46)84-41-20(48-11(2)56)26(62)36(16(7-53)77-41)81-43-32(68)28(64)22(58)13(4-50)75-43/h12-46,49-54,57-71H,3-9H2,1-2H3,(H,47,55)(H,48,56)/t12-,13-,14-,15-,16-,17-,18-,19-,20-,21-,22+,23-,24-,25-,26-,27+,28+,29+,30-,31+,32-,33-,34+,35-,36-,37-,38+,39+,40?,41+,42+,43+,44+,45+,46-/m1/s1. The number of hydrogen-bond donors (Lipinski definition) is 23. The van der Waals surface area contributed by atoms with Crippen LogP contribution in [0.5, 0.6) is 0 Å². The molecule has 7 saturated heterocycles. The Balaban J connectivity index is 1.17. The second kappa shape index (κ2) is 29.9. The maximum Gasteiger partial charge on any atom is 0.217 e. The minimum absolute atomic E-state index is 0.738. The van der Waals surface area contributed by atoms with E-state index in [-0.39, 0.29) is 0 Å². The highest BCUT2D eigenvalue weighted by Crippen LogP contribution is 2.38. The Morgan fingerprint density at radius 3 is 1.14 bits per heavy atom. The number of carbonyl (C=O) groups excluding carboxylic acids is 2. The zero-order valence-electron chi connectivity index (χ0n) is 44.7. The molecular formula is C46H78N2O36. The van der Waals surface area contributed by atoms with Crippen LogP contribution in [-0.4, -0.2) is 380 Å². The number of aliphatic hydroxyl groups is 21. The topological polar surface area (TPSA) is 603 Å². The van der Waals surface area contributed by atoms with Crippen molar-refractivity contribution in [3.63, 3.8) is 0 Å². The number of nitrogens with one attached hydrogen (secondary N) is 2. The molecule has 84 heavy (non-hydrogen) atoms. The summed E-state index contributed by atoms with van der Waals surface area (Å²) in [5.41, 5.74) is 0. The Morgan fingerprint density at radius 1 is 0.310 bits per heavy atom. The molecule has 0 radical (unpaired) electrons. The molecule has 7 aliphatic heterocycles. The van der Waals surface area contributed by atoms with Crippen LogP contribution in [0.2, 0.25) is 0 Å². The molecule has 488 valence electrons. The van der Waals surface area contributed by atoms with E-state index in [0.717, 1.165) is 13.8 Å². The summed E-state index contributed by atoms with van der Waals surface area (Å²) < 4.78 is 74.6. The molecule has 0 saturated carbocycles. The smallest absolute Gasteiger partial charge is 0.217 e. The minimum Gasteiger partial charge on any atom is -0.394 e. The van der Waals surface area contributed by atoms with E-state index in [4.69, 9.17) is 61.6 Å². The molecule has 7 aliphatic rings. The molecule has 7 fully saturated rings. The van der Waals surface area contributed by atoms with Gasteiger partial charge in [0.15, 0.2) is 44.0 Å². The van der Waals surface area contributed by atoms with Gasteiger partial charge in [-0.1, -0.05) is 0 Å². The van der Waals surface area contributed by atoms with Crippen LogP contribution in [0, 0.1) is 0 Å². The van der Waals surface area contributed by atoms with Crippen LogP contribution in [0.25, 0.3) is 0 Å². The van der Waals surface area contributed by atoms with Crippen molar-refractivity contribution in [2.75, 3.05) is 46.2 Å². The first-order valence-electron chi connectivity index (χ1n) is 26.6. The molecule has 0 bridgehead atoms. The lowest BCUT2D eigenvalue weighted by atomic mass is 9.94. The van der Waals surface area contributed by atoms with E-state index in [0.29, 0.717) is 0 Å². The maximum atomic E-state index is 12.7. The number of amides is 2. The molecule has 23 N–H and O–H groups in total. The summed E-state index contributed by atoms with van der Waals surface area (Å²) >= 11 is 0. The Hall–Kier alpha value is -2.42. The lowest BCUT2D eigenvalue weighted by molar-refractivity contribution is -0.400. The van der Waals surface area contributed by atoms with Gasteiger partial charge in [0.25, 0.3) is 0 Å². The van der Waals surface area contributed by atoms with Crippen molar-refractivity contribution in [1.29, 1.82) is 0 Å². The van der Waals surface area contributed by atoms with E-state index in [1.807, 2.05) is 0 Å². The SMILES string of the molecule is CC(=O)N[C@H]1[C@H](O[C@@H]2[C@@H](O[C@@H]3[C@H](O)[C@H](O[C@H]4[C@H](O)[C@@H](O)[C@H](O[C@H]5[C@H](O)[C@@H](NC(C)=O)C(O)O[C@@H]5CO)O[C@@H]4CO)O[C@H](CO[C@H]4O[C@H](CO)[C@@H](O)[C@H](O)[C@@H]4O)[C@H]3O)O[C@H](CO)[C@@H](O)[C@@H]2O)O[C@H](CO)[C@@H](O[C@@H]2O[C@H](CO)[C@H](O)[C@H](O)[C@H]2O)[C@@H]1O. The summed E-state index contributed by atoms with van der Waals surface area (Å²) in [5.74, 6) is -1.63. The van der Waals surface area contributed by atoms with Gasteiger partial charge in [-0.2, -0.15) is 0 Å². The van der Waals surface area contributed by atoms with Gasteiger partial charge in [0.1, 0.15) is 171 Å². The highest BCUT2D eigenvalue weighted by molar-refractivity contribution is 5.73. The fourth-order valence-electron chi connectivity index (χ4n) is 10.7. The molecule has 7 heterocycles. The van der Waals surface area contributed by atoms with E-state index in [1.54, 1.807) is 0 Å². The van der Waals surface area contributed by atoms with Crippen LogP contribution in [0.4, 0.5) is 0 Å². The zero-order chi connectivity index (χ0) is 61.9. The molecule has 0 aromatic rings. The predicted octanol–water partition coefficient (Wildman–Crippen LogP) is -16.0. The Labute approximate surface area is 475 Å². The van der Waals surface area contributed by atoms with E-state index in [9.17, 15) is 117 Å². The third kappa shape index (κ3) is 14.7. The first-order valence-corrected chi connectivity index (χ1v) is 26.6. The summed E-state index contributed by atoms with van der Waals surface area (Å²) in [6, 6.07) is -3.42. The van der Waals surface area contributed by atoms with Crippen LogP contribution in [0.15, 0.2) is 0 Å². The van der Waals surface area contributed by atoms with Gasteiger partial charge in [0.2, 0.25) is 11.8 Å². The highest BCUT2D eigenvalue weighted by Gasteiger charge is 2.59. The van der Waals surface area contributed by atoms with E-state index in [1.165, 1.54) is 0 Å². The van der Waals surface area contributed by atoms with E-state index >= 15 is 0 Å². The summed E-state index contributed by atoms with van der Waals surface area (Å²) in [6.45, 7) is -4.97. The second-order valence-corrected chi connectivity index (χ2v) is 21.1. The summed E-state index contributed by atoms with van der Waals surface area (Å²) in [4.78, 5) is 24.5. The second-order valence-electron chi connectivity index (χ2n) is 21.1. The predicted molar refractivity (Wildman–Crippen MR) is 255 cm³/mol. The van der Waals surface area contributed by atoms with Crippen molar-refractivity contribution in [3.8, 4) is 0 Å². The van der Waals surface area contributed by atoms with Crippen LogP contribution >= 0.6 is 0 Å². The van der Waals surface area contributed by atoms with Gasteiger partial charge in [-0.15, -0.1) is 0 Å². The van der Waals surface area contributed by atoms with Gasteiger partial charge in [0, 0.05) is 13.8 Å². The average molecular weight is 1240 g/mol. The fourth-order valence-corrected chi connectivity index (χ4v) is 10.7.